The van der Waals surface area contributed by atoms with Gasteiger partial charge in [0.2, 0.25) is 0 Å². The number of pyridine rings is 1. The number of carbonyl (C=O) groups is 1. The van der Waals surface area contributed by atoms with Crippen molar-refractivity contribution in [2.45, 2.75) is 26.4 Å². The summed E-state index contributed by atoms with van der Waals surface area (Å²) in [4.78, 5) is 27.9. The van der Waals surface area contributed by atoms with Crippen molar-refractivity contribution < 1.29 is 4.79 Å². The Balaban J connectivity index is 1.50. The first-order valence-electron chi connectivity index (χ1n) is 9.04. The lowest BCUT2D eigenvalue weighted by Gasteiger charge is -2.28. The summed E-state index contributed by atoms with van der Waals surface area (Å²) >= 11 is 0. The van der Waals surface area contributed by atoms with Gasteiger partial charge in [-0.25, -0.2) is 9.97 Å². The molecule has 27 heavy (non-hydrogen) atoms. The zero-order chi connectivity index (χ0) is 18.6. The molecule has 1 aliphatic rings. The van der Waals surface area contributed by atoms with Gasteiger partial charge in [-0.1, -0.05) is 30.3 Å². The molecule has 1 aromatic carbocycles. The number of hydrogen-bond acceptors (Lipinski definition) is 5. The lowest BCUT2D eigenvalue weighted by Crippen LogP contribution is -2.36. The largest absolute Gasteiger partial charge is 0.364 e. The first kappa shape index (κ1) is 17.1. The molecule has 3 aromatic rings. The number of hydrogen-bond donors (Lipinski definition) is 1. The number of nitrogens with one attached hydrogen (secondary N) is 1. The van der Waals surface area contributed by atoms with Gasteiger partial charge in [0, 0.05) is 25.4 Å². The zero-order valence-corrected chi connectivity index (χ0v) is 15.2. The van der Waals surface area contributed by atoms with E-state index in [0.717, 1.165) is 12.1 Å². The Kier molecular flexibility index (Phi) is 4.78. The standard InChI is InChI=1S/C21H21N5O/c1-15-24-19(12-20(25-15)23-13-18-8-4-5-10-22-18)21(27)26-11-9-16-6-2-3-7-17(16)14-26/h2-8,10,12H,9,11,13-14H2,1H3,(H,23,24,25). The van der Waals surface area contributed by atoms with Crippen molar-refractivity contribution >= 4 is 11.7 Å². The number of carbonyl (C=O) groups excluding carboxylic acids is 1. The lowest BCUT2D eigenvalue weighted by atomic mass is 10.00. The molecule has 0 fully saturated rings. The minimum atomic E-state index is -0.0594. The number of amides is 1. The third-order valence-corrected chi connectivity index (χ3v) is 4.65. The summed E-state index contributed by atoms with van der Waals surface area (Å²) in [5.74, 6) is 1.14. The Hall–Kier alpha value is -3.28. The summed E-state index contributed by atoms with van der Waals surface area (Å²) in [5, 5.41) is 3.23. The van der Waals surface area contributed by atoms with Gasteiger partial charge in [0.05, 0.1) is 12.2 Å². The Morgan fingerprint density at radius 1 is 1.11 bits per heavy atom. The summed E-state index contributed by atoms with van der Waals surface area (Å²) < 4.78 is 0. The average molecular weight is 359 g/mol. The fraction of sp³-hybridized carbons (Fsp3) is 0.238. The van der Waals surface area contributed by atoms with Crippen LogP contribution in [0.25, 0.3) is 0 Å². The van der Waals surface area contributed by atoms with E-state index in [0.29, 0.717) is 37.0 Å². The molecule has 0 radical (unpaired) electrons. The Bertz CT molecular complexity index is 958. The van der Waals surface area contributed by atoms with Crippen molar-refractivity contribution in [1.29, 1.82) is 0 Å². The first-order valence-corrected chi connectivity index (χ1v) is 9.04. The highest BCUT2D eigenvalue weighted by molar-refractivity contribution is 5.93. The number of fused-ring (bicyclic) bond motifs is 1. The highest BCUT2D eigenvalue weighted by atomic mass is 16.2. The molecule has 0 bridgehead atoms. The van der Waals surface area contributed by atoms with Gasteiger partial charge in [-0.3, -0.25) is 9.78 Å². The van der Waals surface area contributed by atoms with Crippen LogP contribution in [0.5, 0.6) is 0 Å². The smallest absolute Gasteiger partial charge is 0.272 e. The predicted molar refractivity (Wildman–Crippen MR) is 103 cm³/mol. The third kappa shape index (κ3) is 3.95. The molecule has 0 saturated heterocycles. The van der Waals surface area contributed by atoms with Crippen LogP contribution < -0.4 is 5.32 Å². The number of benzene rings is 1. The van der Waals surface area contributed by atoms with Crippen LogP contribution in [0, 0.1) is 6.92 Å². The fourth-order valence-electron chi connectivity index (χ4n) is 3.28. The molecule has 3 heterocycles. The van der Waals surface area contributed by atoms with Gasteiger partial charge in [0.1, 0.15) is 17.3 Å². The van der Waals surface area contributed by atoms with Crippen molar-refractivity contribution in [3.63, 3.8) is 0 Å². The summed E-state index contributed by atoms with van der Waals surface area (Å²) in [7, 11) is 0. The Labute approximate surface area is 158 Å². The predicted octanol–water partition coefficient (Wildman–Crippen LogP) is 2.99. The van der Waals surface area contributed by atoms with Crippen LogP contribution in [0.1, 0.15) is 33.1 Å². The second-order valence-corrected chi connectivity index (χ2v) is 6.61. The molecule has 0 unspecified atom stereocenters. The summed E-state index contributed by atoms with van der Waals surface area (Å²) in [6, 6.07) is 15.8. The molecule has 136 valence electrons. The van der Waals surface area contributed by atoms with Gasteiger partial charge >= 0.3 is 0 Å². The van der Waals surface area contributed by atoms with Gasteiger partial charge < -0.3 is 10.2 Å². The molecule has 6 heteroatoms. The quantitative estimate of drug-likeness (QED) is 0.775. The minimum Gasteiger partial charge on any atom is -0.364 e. The fourth-order valence-corrected chi connectivity index (χ4v) is 3.28. The SMILES string of the molecule is Cc1nc(NCc2ccccn2)cc(C(=O)N2CCc3ccccc3C2)n1. The monoisotopic (exact) mass is 359 g/mol. The third-order valence-electron chi connectivity index (χ3n) is 4.65. The average Bonchev–Trinajstić information content (AvgIpc) is 2.72. The minimum absolute atomic E-state index is 0.0594. The van der Waals surface area contributed by atoms with E-state index in [1.807, 2.05) is 35.2 Å². The van der Waals surface area contributed by atoms with E-state index in [4.69, 9.17) is 0 Å². The Morgan fingerprint density at radius 3 is 2.74 bits per heavy atom. The molecule has 0 spiro atoms. The topological polar surface area (TPSA) is 71.0 Å². The van der Waals surface area contributed by atoms with E-state index in [1.165, 1.54) is 11.1 Å². The highest BCUT2D eigenvalue weighted by Crippen LogP contribution is 2.20. The lowest BCUT2D eigenvalue weighted by molar-refractivity contribution is 0.0728. The van der Waals surface area contributed by atoms with Gasteiger partial charge in [-0.15, -0.1) is 0 Å². The molecule has 1 N–H and O–H groups in total. The molecule has 0 saturated carbocycles. The molecule has 1 aliphatic heterocycles. The van der Waals surface area contributed by atoms with E-state index in [2.05, 4.69) is 32.4 Å². The molecule has 1 amide bonds. The molecule has 4 rings (SSSR count). The maximum absolute atomic E-state index is 13.0. The van der Waals surface area contributed by atoms with Crippen LogP contribution in [0.3, 0.4) is 0 Å². The number of aromatic nitrogens is 3. The molecular formula is C21H21N5O. The van der Waals surface area contributed by atoms with Crippen molar-refractivity contribution in [2.75, 3.05) is 11.9 Å². The van der Waals surface area contributed by atoms with Gasteiger partial charge in [0.25, 0.3) is 5.91 Å². The van der Waals surface area contributed by atoms with Crippen molar-refractivity contribution in [1.82, 2.24) is 19.9 Å². The van der Waals surface area contributed by atoms with E-state index < -0.39 is 0 Å². The number of nitrogens with zero attached hydrogens (tertiary/aromatic N) is 4. The van der Waals surface area contributed by atoms with Crippen molar-refractivity contribution in [3.8, 4) is 0 Å². The van der Waals surface area contributed by atoms with Gasteiger partial charge in [0.15, 0.2) is 0 Å². The van der Waals surface area contributed by atoms with Crippen LogP contribution in [-0.2, 0) is 19.5 Å². The normalized spacial score (nSPS) is 13.1. The van der Waals surface area contributed by atoms with E-state index in [9.17, 15) is 4.79 Å². The van der Waals surface area contributed by atoms with Crippen molar-refractivity contribution in [3.05, 3.63) is 83.1 Å². The molecule has 0 atom stereocenters. The summed E-state index contributed by atoms with van der Waals surface area (Å²) in [6.45, 7) is 3.67. The number of rotatable bonds is 4. The van der Waals surface area contributed by atoms with Crippen LogP contribution in [-0.4, -0.2) is 32.3 Å². The van der Waals surface area contributed by atoms with Gasteiger partial charge in [-0.2, -0.15) is 0 Å². The van der Waals surface area contributed by atoms with Crippen LogP contribution in [0.2, 0.25) is 0 Å². The van der Waals surface area contributed by atoms with Crippen LogP contribution in [0.4, 0.5) is 5.82 Å². The van der Waals surface area contributed by atoms with Crippen molar-refractivity contribution in [2.24, 2.45) is 0 Å². The Morgan fingerprint density at radius 2 is 1.93 bits per heavy atom. The first-order chi connectivity index (χ1) is 13.2. The van der Waals surface area contributed by atoms with Crippen LogP contribution in [0.15, 0.2) is 54.7 Å². The van der Waals surface area contributed by atoms with Gasteiger partial charge in [-0.05, 0) is 36.6 Å². The second kappa shape index (κ2) is 7.53. The van der Waals surface area contributed by atoms with E-state index in [1.54, 1.807) is 19.2 Å². The summed E-state index contributed by atoms with van der Waals surface area (Å²) in [5.41, 5.74) is 3.86. The molecule has 6 nitrogen and oxygen atoms in total. The number of anilines is 1. The highest BCUT2D eigenvalue weighted by Gasteiger charge is 2.23. The summed E-state index contributed by atoms with van der Waals surface area (Å²) in [6.07, 6.45) is 2.63. The molecule has 0 aliphatic carbocycles. The van der Waals surface area contributed by atoms with Crippen LogP contribution >= 0.6 is 0 Å². The molecular weight excluding hydrogens is 338 g/mol. The molecule has 2 aromatic heterocycles. The maximum Gasteiger partial charge on any atom is 0.272 e. The van der Waals surface area contributed by atoms with E-state index >= 15 is 0 Å². The zero-order valence-electron chi connectivity index (χ0n) is 15.2. The second-order valence-electron chi connectivity index (χ2n) is 6.61. The maximum atomic E-state index is 13.0. The number of aryl methyl sites for hydroxylation is 1. The van der Waals surface area contributed by atoms with E-state index in [-0.39, 0.29) is 5.91 Å².